The molecule has 4 N–H and O–H groups in total. The number of carbonyl (C=O) groups is 3. The second-order valence-electron chi connectivity index (χ2n) is 12.1. The monoisotopic (exact) mass is 695 g/mol. The van der Waals surface area contributed by atoms with E-state index in [4.69, 9.17) is 9.05 Å². The first-order chi connectivity index (χ1) is 23.2. The fourth-order valence-corrected chi connectivity index (χ4v) is 7.97. The van der Waals surface area contributed by atoms with Crippen molar-refractivity contribution in [3.05, 3.63) is 90.0 Å². The van der Waals surface area contributed by atoms with Gasteiger partial charge in [0.25, 0.3) is 0 Å². The number of rotatable bonds is 14. The zero-order valence-electron chi connectivity index (χ0n) is 26.7. The molecule has 3 aromatic rings. The molecular weight excluding hydrogens is 653 g/mol. The summed E-state index contributed by atoms with van der Waals surface area (Å²) < 4.78 is 22.7. The number of fused-ring (bicyclic) bond motifs is 1. The van der Waals surface area contributed by atoms with Gasteiger partial charge < -0.3 is 25.2 Å². The van der Waals surface area contributed by atoms with E-state index in [1.54, 1.807) is 41.3 Å². The van der Waals surface area contributed by atoms with Crippen LogP contribution in [0.25, 0.3) is 0 Å². The van der Waals surface area contributed by atoms with Crippen LogP contribution in [0.2, 0.25) is 0 Å². The van der Waals surface area contributed by atoms with Gasteiger partial charge in [0.1, 0.15) is 17.8 Å². The number of nitrogens with zero attached hydrogens (tertiary/aromatic N) is 1. The minimum Gasteiger partial charge on any atom is -0.465 e. The molecule has 0 spiro atoms. The average Bonchev–Trinajstić information content (AvgIpc) is 3.21. The van der Waals surface area contributed by atoms with Gasteiger partial charge in [-0.25, -0.2) is 9.36 Å². The summed E-state index contributed by atoms with van der Waals surface area (Å²) in [6.07, 6.45) is 6.80. The van der Waals surface area contributed by atoms with Crippen LogP contribution in [0.3, 0.4) is 0 Å². The van der Waals surface area contributed by atoms with Gasteiger partial charge in [-0.3, -0.25) is 19.0 Å². The van der Waals surface area contributed by atoms with Gasteiger partial charge in [0.2, 0.25) is 11.8 Å². The van der Waals surface area contributed by atoms with Crippen LogP contribution in [-0.4, -0.2) is 52.3 Å². The van der Waals surface area contributed by atoms with Gasteiger partial charge in [0, 0.05) is 23.6 Å². The number of thioether (sulfide) groups is 1. The van der Waals surface area contributed by atoms with E-state index in [9.17, 15) is 28.9 Å². The predicted molar refractivity (Wildman–Crippen MR) is 184 cm³/mol. The van der Waals surface area contributed by atoms with Crippen molar-refractivity contribution in [1.29, 1.82) is 0 Å². The van der Waals surface area contributed by atoms with E-state index in [2.05, 4.69) is 10.6 Å². The lowest BCUT2D eigenvalue weighted by Crippen LogP contribution is -2.55. The molecule has 0 saturated heterocycles. The fraction of sp³-hybridized carbons (Fsp3) is 0.400. The number of phosphoric acid groups is 1. The molecule has 1 heterocycles. The molecule has 0 bridgehead atoms. The van der Waals surface area contributed by atoms with E-state index in [1.807, 2.05) is 30.3 Å². The van der Waals surface area contributed by atoms with Crippen LogP contribution in [-0.2, 0) is 31.7 Å². The Balaban J connectivity index is 1.21. The van der Waals surface area contributed by atoms with E-state index < -0.39 is 31.9 Å². The van der Waals surface area contributed by atoms with Crippen LogP contribution >= 0.6 is 19.6 Å². The van der Waals surface area contributed by atoms with E-state index in [1.165, 1.54) is 56.0 Å². The Hall–Kier alpha value is -3.83. The molecule has 0 radical (unpaired) electrons. The SMILES string of the molecule is O=C(O)N[C@@H](Cc1ccc(OP(=O)(O)OCc2ccccc2)cc1)C(=O)N[C@@H]1CSc2ccccc2N(CCCC2CCCCC2)C1=O. The van der Waals surface area contributed by atoms with Crippen molar-refractivity contribution in [2.75, 3.05) is 17.2 Å². The fourth-order valence-electron chi connectivity index (χ4n) is 6.14. The second kappa shape index (κ2) is 17.0. The second-order valence-corrected chi connectivity index (χ2v) is 14.6. The molecular formula is C35H42N3O8PS. The molecule has 2 aliphatic rings. The smallest absolute Gasteiger partial charge is 0.465 e. The molecule has 3 aromatic carbocycles. The largest absolute Gasteiger partial charge is 0.527 e. The van der Waals surface area contributed by atoms with Crippen molar-refractivity contribution in [2.45, 2.75) is 75.0 Å². The summed E-state index contributed by atoms with van der Waals surface area (Å²) >= 11 is 1.48. The third kappa shape index (κ3) is 10.3. The van der Waals surface area contributed by atoms with Gasteiger partial charge in [0.15, 0.2) is 0 Å². The van der Waals surface area contributed by atoms with Crippen molar-refractivity contribution in [1.82, 2.24) is 10.6 Å². The van der Waals surface area contributed by atoms with E-state index in [0.717, 1.165) is 23.4 Å². The lowest BCUT2D eigenvalue weighted by molar-refractivity contribution is -0.128. The number of para-hydroxylation sites is 1. The summed E-state index contributed by atoms with van der Waals surface area (Å²) in [6, 6.07) is 20.6. The number of benzene rings is 3. The van der Waals surface area contributed by atoms with Gasteiger partial charge in [-0.1, -0.05) is 86.7 Å². The molecule has 0 aromatic heterocycles. The lowest BCUT2D eigenvalue weighted by atomic mass is 9.86. The maximum Gasteiger partial charge on any atom is 0.527 e. The zero-order valence-corrected chi connectivity index (χ0v) is 28.4. The zero-order chi connectivity index (χ0) is 33.9. The Bertz CT molecular complexity index is 1590. The number of phosphoric ester groups is 1. The summed E-state index contributed by atoms with van der Waals surface area (Å²) in [5.41, 5.74) is 2.10. The minimum absolute atomic E-state index is 0.0287. The molecule has 1 saturated carbocycles. The molecule has 3 amide bonds. The Kier molecular flexibility index (Phi) is 12.6. The first-order valence-electron chi connectivity index (χ1n) is 16.3. The average molecular weight is 696 g/mol. The minimum atomic E-state index is -4.42. The topological polar surface area (TPSA) is 154 Å². The van der Waals surface area contributed by atoms with Gasteiger partial charge in [0.05, 0.1) is 12.3 Å². The molecule has 48 heavy (non-hydrogen) atoms. The van der Waals surface area contributed by atoms with Crippen LogP contribution in [0.5, 0.6) is 5.75 Å². The number of nitrogens with one attached hydrogen (secondary N) is 2. The third-order valence-corrected chi connectivity index (χ3v) is 10.6. The number of carboxylic acid groups (broad SMARTS) is 1. The molecule has 1 fully saturated rings. The summed E-state index contributed by atoms with van der Waals surface area (Å²) in [7, 11) is -4.42. The molecule has 1 aliphatic heterocycles. The first kappa shape index (κ1) is 35.5. The van der Waals surface area contributed by atoms with E-state index >= 15 is 0 Å². The summed E-state index contributed by atoms with van der Waals surface area (Å²) in [6.45, 7) is 0.430. The predicted octanol–water partition coefficient (Wildman–Crippen LogP) is 6.55. The summed E-state index contributed by atoms with van der Waals surface area (Å²) in [5.74, 6) is 0.210. The highest BCUT2D eigenvalue weighted by Gasteiger charge is 2.34. The maximum atomic E-state index is 13.9. The van der Waals surface area contributed by atoms with Crippen LogP contribution < -0.4 is 20.1 Å². The number of amides is 3. The van der Waals surface area contributed by atoms with Crippen molar-refractivity contribution < 1.29 is 38.0 Å². The normalized spacial score (nSPS) is 18.6. The molecule has 1 unspecified atom stereocenters. The van der Waals surface area contributed by atoms with Crippen LogP contribution in [0, 0.1) is 5.92 Å². The Morgan fingerprint density at radius 1 is 0.958 bits per heavy atom. The maximum absolute atomic E-state index is 13.9. The van der Waals surface area contributed by atoms with E-state index in [-0.39, 0.29) is 24.7 Å². The quantitative estimate of drug-likeness (QED) is 0.138. The Morgan fingerprint density at radius 2 is 1.67 bits per heavy atom. The van der Waals surface area contributed by atoms with Gasteiger partial charge >= 0.3 is 13.9 Å². The number of hydrogen-bond acceptors (Lipinski definition) is 7. The third-order valence-electron chi connectivity index (χ3n) is 8.60. The van der Waals surface area contributed by atoms with Gasteiger partial charge in [-0.05, 0) is 54.2 Å². The molecule has 5 rings (SSSR count). The molecule has 11 nitrogen and oxygen atoms in total. The first-order valence-corrected chi connectivity index (χ1v) is 18.8. The molecule has 3 atom stereocenters. The van der Waals surface area contributed by atoms with Crippen LogP contribution in [0.4, 0.5) is 10.5 Å². The molecule has 1 aliphatic carbocycles. The standard InChI is InChI=1S/C35H42N3O8PS/c39-33(36-30-24-48-32-16-8-7-15-31(32)38(34(30)40)21-9-14-25-10-3-1-4-11-25)29(37-35(41)42)22-26-17-19-28(20-18-26)46-47(43,44)45-23-27-12-5-2-6-13-27/h2,5-8,12-13,15-20,25,29-30,37H,1,3-4,9-11,14,21-24H2,(H,36,39)(H,41,42)(H,43,44)/t29-,30+/m0/s1. The van der Waals surface area contributed by atoms with E-state index in [0.29, 0.717) is 29.3 Å². The lowest BCUT2D eigenvalue weighted by Gasteiger charge is -2.28. The number of carbonyl (C=O) groups excluding carboxylic acids is 2. The van der Waals surface area contributed by atoms with Crippen molar-refractivity contribution in [3.8, 4) is 5.75 Å². The van der Waals surface area contributed by atoms with Gasteiger partial charge in [-0.15, -0.1) is 11.8 Å². The summed E-state index contributed by atoms with van der Waals surface area (Å²) in [4.78, 5) is 52.0. The van der Waals surface area contributed by atoms with Crippen molar-refractivity contribution in [2.24, 2.45) is 5.92 Å². The van der Waals surface area contributed by atoms with Crippen molar-refractivity contribution in [3.63, 3.8) is 0 Å². The van der Waals surface area contributed by atoms with Crippen LogP contribution in [0.1, 0.15) is 56.1 Å². The summed E-state index contributed by atoms with van der Waals surface area (Å²) in [5, 5.41) is 14.6. The highest BCUT2D eigenvalue weighted by atomic mass is 32.2. The van der Waals surface area contributed by atoms with Crippen LogP contribution in [0.15, 0.2) is 83.8 Å². The number of anilines is 1. The van der Waals surface area contributed by atoms with Crippen molar-refractivity contribution >= 4 is 43.2 Å². The Labute approximate surface area is 285 Å². The molecule has 13 heteroatoms. The van der Waals surface area contributed by atoms with Gasteiger partial charge in [-0.2, -0.15) is 0 Å². The number of hydrogen-bond donors (Lipinski definition) is 4. The highest BCUT2D eigenvalue weighted by Crippen LogP contribution is 2.44. The molecule has 256 valence electrons. The highest BCUT2D eigenvalue weighted by molar-refractivity contribution is 7.99. The Morgan fingerprint density at radius 3 is 2.40 bits per heavy atom.